The van der Waals surface area contributed by atoms with Crippen LogP contribution >= 0.6 is 0 Å². The maximum absolute atomic E-state index is 12.5. The molecule has 1 aliphatic heterocycles. The van der Waals surface area contributed by atoms with E-state index in [0.29, 0.717) is 6.42 Å². The molecule has 141 valence electrons. The van der Waals surface area contributed by atoms with E-state index in [1.807, 2.05) is 49.5 Å². The minimum absolute atomic E-state index is 0.158. The number of para-hydroxylation sites is 2. The third kappa shape index (κ3) is 5.05. The van der Waals surface area contributed by atoms with Crippen LogP contribution in [0.15, 0.2) is 48.5 Å². The summed E-state index contributed by atoms with van der Waals surface area (Å²) in [5.41, 5.74) is 2.10. The molecule has 0 bridgehead atoms. The quantitative estimate of drug-likeness (QED) is 0.661. The van der Waals surface area contributed by atoms with Crippen LogP contribution in [0, 0.1) is 0 Å². The molecule has 1 saturated heterocycles. The van der Waals surface area contributed by atoms with Gasteiger partial charge in [0, 0.05) is 0 Å². The van der Waals surface area contributed by atoms with Crippen molar-refractivity contribution in [2.75, 3.05) is 56.7 Å². The van der Waals surface area contributed by atoms with Gasteiger partial charge >= 0.3 is 122 Å². The van der Waals surface area contributed by atoms with Crippen molar-refractivity contribution in [3.05, 3.63) is 48.5 Å². The molecule has 3 radical (unpaired) electrons. The van der Waals surface area contributed by atoms with Gasteiger partial charge in [0.15, 0.2) is 0 Å². The van der Waals surface area contributed by atoms with Gasteiger partial charge < -0.3 is 4.74 Å². The second-order valence-electron chi connectivity index (χ2n) is 6.75. The number of hydrogen-bond acceptors (Lipinski definition) is 4. The van der Waals surface area contributed by atoms with Crippen molar-refractivity contribution in [1.82, 2.24) is 4.90 Å². The van der Waals surface area contributed by atoms with Crippen molar-refractivity contribution < 1.29 is 9.53 Å². The second kappa shape index (κ2) is 9.28. The Morgan fingerprint density at radius 3 is 2.41 bits per heavy atom. The Bertz CT molecular complexity index is 758. The van der Waals surface area contributed by atoms with E-state index in [0.717, 1.165) is 49.8 Å². The van der Waals surface area contributed by atoms with Crippen molar-refractivity contribution >= 4 is 38.2 Å². The zero-order valence-corrected chi connectivity index (χ0v) is 18.1. The number of methoxy groups -OCH3 is 1. The minimum atomic E-state index is 0.158. The van der Waals surface area contributed by atoms with Gasteiger partial charge in [-0.05, 0) is 12.1 Å². The van der Waals surface area contributed by atoms with Crippen LogP contribution < -0.4 is 18.9 Å². The Hall–Kier alpha value is -1.99. The van der Waals surface area contributed by atoms with Crippen molar-refractivity contribution in [2.24, 2.45) is 0 Å². The number of nitrogens with zero attached hydrogens (tertiary/aromatic N) is 3. The monoisotopic (exact) mass is 426 g/mol. The van der Waals surface area contributed by atoms with Crippen molar-refractivity contribution in [3.8, 4) is 5.75 Å². The van der Waals surface area contributed by atoms with Gasteiger partial charge in [-0.3, -0.25) is 0 Å². The van der Waals surface area contributed by atoms with Crippen LogP contribution in [-0.2, 0) is 4.79 Å². The molecule has 0 unspecified atom stereocenters. The predicted molar refractivity (Wildman–Crippen MR) is 112 cm³/mol. The molecule has 27 heavy (non-hydrogen) atoms. The van der Waals surface area contributed by atoms with Gasteiger partial charge in [0.2, 0.25) is 0 Å². The Labute approximate surface area is 170 Å². The van der Waals surface area contributed by atoms with Gasteiger partial charge in [0.25, 0.3) is 0 Å². The van der Waals surface area contributed by atoms with Crippen molar-refractivity contribution in [3.63, 3.8) is 0 Å². The van der Waals surface area contributed by atoms with Crippen LogP contribution in [0.25, 0.3) is 0 Å². The molecule has 1 heterocycles. The number of rotatable bonds is 6. The number of carbonyl (C=O) groups excluding carboxylic acids is 1. The Kier molecular flexibility index (Phi) is 6.80. The summed E-state index contributed by atoms with van der Waals surface area (Å²) in [6.45, 7) is 4.61. The standard InChI is InChI=1S/C21H26GeN3O2/c1-23(18-9-7-17(22)8-10-18)21(26)11-12-24-13-15-25(16-14-24)19-5-3-4-6-20(19)27-2/h3-10H,11-16H2,1-2H3. The summed E-state index contributed by atoms with van der Waals surface area (Å²) in [5.74, 6) is 1.08. The summed E-state index contributed by atoms with van der Waals surface area (Å²) in [7, 11) is 3.57. The van der Waals surface area contributed by atoms with Gasteiger partial charge in [-0.1, -0.05) is 12.1 Å². The van der Waals surface area contributed by atoms with Gasteiger partial charge in [-0.15, -0.1) is 0 Å². The first kappa shape index (κ1) is 19.8. The van der Waals surface area contributed by atoms with E-state index in [1.165, 1.54) is 4.40 Å². The van der Waals surface area contributed by atoms with E-state index in [2.05, 4.69) is 32.4 Å². The first-order valence-electron chi connectivity index (χ1n) is 9.27. The van der Waals surface area contributed by atoms with Crippen molar-refractivity contribution in [2.45, 2.75) is 6.42 Å². The number of ether oxygens (including phenoxy) is 1. The fraction of sp³-hybridized carbons (Fsp3) is 0.381. The number of carbonyl (C=O) groups is 1. The molecule has 1 amide bonds. The first-order chi connectivity index (χ1) is 13.1. The van der Waals surface area contributed by atoms with Gasteiger partial charge in [0.1, 0.15) is 5.75 Å². The maximum atomic E-state index is 12.5. The number of benzene rings is 2. The molecule has 2 aromatic carbocycles. The third-order valence-electron chi connectivity index (χ3n) is 5.07. The summed E-state index contributed by atoms with van der Waals surface area (Å²) in [6, 6.07) is 16.2. The zero-order valence-electron chi connectivity index (χ0n) is 16.0. The fourth-order valence-corrected chi connectivity index (χ4v) is 3.70. The molecule has 3 rings (SSSR count). The average molecular weight is 425 g/mol. The number of amides is 1. The van der Waals surface area contributed by atoms with E-state index >= 15 is 0 Å². The zero-order chi connectivity index (χ0) is 19.2. The number of hydrogen-bond donors (Lipinski definition) is 0. The first-order valence-corrected chi connectivity index (χ1v) is 10.3. The molecule has 0 atom stereocenters. The van der Waals surface area contributed by atoms with Crippen LogP contribution in [-0.4, -0.2) is 74.2 Å². The summed E-state index contributed by atoms with van der Waals surface area (Å²) >= 11 is 2.05. The average Bonchev–Trinajstić information content (AvgIpc) is 2.72. The Morgan fingerprint density at radius 2 is 1.74 bits per heavy atom. The Morgan fingerprint density at radius 1 is 1.07 bits per heavy atom. The molecule has 1 fully saturated rings. The van der Waals surface area contributed by atoms with Crippen LogP contribution in [0.3, 0.4) is 0 Å². The van der Waals surface area contributed by atoms with Gasteiger partial charge in [0.05, 0.1) is 12.8 Å². The predicted octanol–water partition coefficient (Wildman–Crippen LogP) is 1.66. The summed E-state index contributed by atoms with van der Waals surface area (Å²) in [4.78, 5) is 19.0. The normalized spacial score (nSPS) is 14.9. The van der Waals surface area contributed by atoms with Crippen LogP contribution in [0.1, 0.15) is 6.42 Å². The molecule has 0 spiro atoms. The van der Waals surface area contributed by atoms with Gasteiger partial charge in [-0.25, -0.2) is 0 Å². The van der Waals surface area contributed by atoms with Crippen LogP contribution in [0.4, 0.5) is 11.4 Å². The molecular weight excluding hydrogens is 399 g/mol. The SMILES string of the molecule is COc1ccccc1N1CCN(CCC(=O)N(C)c2cc[c]([Ge])cc2)CC1. The number of piperazine rings is 1. The molecule has 0 aromatic heterocycles. The fourth-order valence-electron chi connectivity index (χ4n) is 3.35. The van der Waals surface area contributed by atoms with Gasteiger partial charge in [-0.2, -0.15) is 0 Å². The molecule has 5 nitrogen and oxygen atoms in total. The summed E-state index contributed by atoms with van der Waals surface area (Å²) in [5, 5.41) is 0. The van der Waals surface area contributed by atoms with Crippen LogP contribution in [0.2, 0.25) is 0 Å². The Balaban J connectivity index is 1.48. The molecule has 2 aromatic rings. The second-order valence-corrected chi connectivity index (χ2v) is 7.96. The summed E-state index contributed by atoms with van der Waals surface area (Å²) in [6.07, 6.45) is 0.541. The van der Waals surface area contributed by atoms with Crippen LogP contribution in [0.5, 0.6) is 5.75 Å². The van der Waals surface area contributed by atoms with E-state index in [1.54, 1.807) is 12.0 Å². The molecule has 0 N–H and O–H groups in total. The topological polar surface area (TPSA) is 36.0 Å². The molecule has 0 saturated carbocycles. The molecule has 1 aliphatic rings. The van der Waals surface area contributed by atoms with E-state index in [-0.39, 0.29) is 5.91 Å². The van der Waals surface area contributed by atoms with E-state index in [9.17, 15) is 4.79 Å². The number of anilines is 2. The van der Waals surface area contributed by atoms with E-state index in [4.69, 9.17) is 4.74 Å². The molecular formula is C21H26GeN3O2. The molecule has 6 heteroatoms. The third-order valence-corrected chi connectivity index (χ3v) is 5.77. The van der Waals surface area contributed by atoms with Crippen molar-refractivity contribution in [1.29, 1.82) is 0 Å². The van der Waals surface area contributed by atoms with E-state index < -0.39 is 0 Å². The summed E-state index contributed by atoms with van der Waals surface area (Å²) < 4.78 is 6.68. The molecule has 0 aliphatic carbocycles.